The Morgan fingerprint density at radius 1 is 1.00 bits per heavy atom. The van der Waals surface area contributed by atoms with Crippen LogP contribution in [-0.2, 0) is 11.3 Å². The molecule has 0 amide bonds. The molecule has 0 saturated carbocycles. The number of nitrogens with zero attached hydrogens (tertiary/aromatic N) is 3. The van der Waals surface area contributed by atoms with E-state index in [0.717, 1.165) is 5.56 Å². The van der Waals surface area contributed by atoms with Gasteiger partial charge in [0.15, 0.2) is 17.4 Å². The van der Waals surface area contributed by atoms with Crippen molar-refractivity contribution in [3.05, 3.63) is 89.5 Å². The fourth-order valence-electron chi connectivity index (χ4n) is 3.36. The molecule has 0 fully saturated rings. The second kappa shape index (κ2) is 9.62. The number of amidine groups is 1. The smallest absolute Gasteiger partial charge is 0.279 e. The number of benzene rings is 2. The molecule has 34 heavy (non-hydrogen) atoms. The summed E-state index contributed by atoms with van der Waals surface area (Å²) in [6.07, 6.45) is 4.68. The molecule has 0 aliphatic rings. The molecule has 7 nitrogen and oxygen atoms in total. The largest absolute Gasteiger partial charge is 0.461 e. The van der Waals surface area contributed by atoms with Crippen molar-refractivity contribution in [2.24, 2.45) is 5.73 Å². The summed E-state index contributed by atoms with van der Waals surface area (Å²) in [6, 6.07) is 10.6. The van der Waals surface area contributed by atoms with Gasteiger partial charge in [0.2, 0.25) is 5.95 Å². The van der Waals surface area contributed by atoms with Crippen LogP contribution in [0, 0.1) is 31.0 Å². The molecule has 4 aromatic rings. The van der Waals surface area contributed by atoms with E-state index in [1.165, 1.54) is 12.3 Å². The summed E-state index contributed by atoms with van der Waals surface area (Å²) in [4.78, 5) is 12.2. The maximum atomic E-state index is 15.1. The average Bonchev–Trinajstić information content (AvgIpc) is 2.81. The van der Waals surface area contributed by atoms with Crippen molar-refractivity contribution < 1.29 is 18.3 Å². The lowest BCUT2D eigenvalue weighted by atomic mass is 10.0. The average molecular weight is 461 g/mol. The van der Waals surface area contributed by atoms with E-state index >= 15 is 4.39 Å². The molecule has 0 aliphatic heterocycles. The number of rotatable bonds is 6. The van der Waals surface area contributed by atoms with E-state index in [-0.39, 0.29) is 23.7 Å². The number of aryl methyl sites for hydroxylation is 2. The van der Waals surface area contributed by atoms with E-state index < -0.39 is 17.8 Å². The number of ether oxygens (including phenoxy) is 2. The van der Waals surface area contributed by atoms with Gasteiger partial charge in [-0.15, -0.1) is 0 Å². The zero-order valence-corrected chi connectivity index (χ0v) is 18.5. The van der Waals surface area contributed by atoms with Crippen LogP contribution >= 0.6 is 0 Å². The fourth-order valence-corrected chi connectivity index (χ4v) is 3.36. The lowest BCUT2D eigenvalue weighted by Gasteiger charge is -2.16. The number of pyridine rings is 1. The third kappa shape index (κ3) is 4.98. The summed E-state index contributed by atoms with van der Waals surface area (Å²) in [7, 11) is 0. The highest BCUT2D eigenvalue weighted by molar-refractivity contribution is 5.68. The van der Waals surface area contributed by atoms with Crippen molar-refractivity contribution in [2.75, 3.05) is 0 Å². The molecule has 0 aliphatic carbocycles. The normalized spacial score (nSPS) is 10.7. The minimum absolute atomic E-state index is 0.0141. The Bertz CT molecular complexity index is 1340. The molecule has 2 aromatic carbocycles. The Kier molecular flexibility index (Phi) is 6.44. The molecule has 0 spiro atoms. The van der Waals surface area contributed by atoms with Crippen molar-refractivity contribution >= 4 is 6.02 Å². The highest BCUT2D eigenvalue weighted by atomic mass is 19.1. The molecule has 3 N–H and O–H groups in total. The van der Waals surface area contributed by atoms with Crippen molar-refractivity contribution in [1.29, 1.82) is 5.41 Å². The van der Waals surface area contributed by atoms with E-state index in [2.05, 4.69) is 15.0 Å². The van der Waals surface area contributed by atoms with Crippen LogP contribution in [-0.4, -0.2) is 21.0 Å². The van der Waals surface area contributed by atoms with E-state index in [1.807, 2.05) is 6.92 Å². The summed E-state index contributed by atoms with van der Waals surface area (Å²) in [5.74, 6) is -0.543. The monoisotopic (exact) mass is 461 g/mol. The fraction of sp³-hybridized carbons (Fsp3) is 0.120. The zero-order valence-electron chi connectivity index (χ0n) is 18.5. The molecule has 0 atom stereocenters. The van der Waals surface area contributed by atoms with Gasteiger partial charge in [-0.05, 0) is 66.9 Å². The maximum Gasteiger partial charge on any atom is 0.279 e. The summed E-state index contributed by atoms with van der Waals surface area (Å²) < 4.78 is 40.3. The maximum absolute atomic E-state index is 15.1. The van der Waals surface area contributed by atoms with Gasteiger partial charge in [0, 0.05) is 35.3 Å². The number of aromatic nitrogens is 3. The predicted octanol–water partition coefficient (Wildman–Crippen LogP) is 5.30. The van der Waals surface area contributed by atoms with Crippen molar-refractivity contribution in [3.63, 3.8) is 0 Å². The zero-order chi connectivity index (χ0) is 24.2. The van der Waals surface area contributed by atoms with Gasteiger partial charge in [-0.3, -0.25) is 5.41 Å². The van der Waals surface area contributed by atoms with Gasteiger partial charge in [0.25, 0.3) is 6.02 Å². The van der Waals surface area contributed by atoms with Crippen molar-refractivity contribution in [2.45, 2.75) is 20.5 Å². The first-order valence-electron chi connectivity index (χ1n) is 10.3. The lowest BCUT2D eigenvalue weighted by molar-refractivity contribution is 0.279. The summed E-state index contributed by atoms with van der Waals surface area (Å²) in [5, 5.41) is 7.35. The molecule has 0 bridgehead atoms. The van der Waals surface area contributed by atoms with Gasteiger partial charge in [-0.2, -0.15) is 4.39 Å². The van der Waals surface area contributed by atoms with Crippen LogP contribution < -0.4 is 10.5 Å². The molecule has 0 saturated heterocycles. The quantitative estimate of drug-likeness (QED) is 0.229. The number of hydrogen-bond acceptors (Lipinski definition) is 6. The number of halogens is 2. The molecular weight excluding hydrogens is 440 g/mol. The molecular formula is C25H21F2N5O2. The first-order valence-corrected chi connectivity index (χ1v) is 10.3. The van der Waals surface area contributed by atoms with Crippen LogP contribution in [0.5, 0.6) is 11.5 Å². The number of nitrogens with one attached hydrogen (secondary N) is 1. The van der Waals surface area contributed by atoms with Crippen LogP contribution in [0.25, 0.3) is 22.5 Å². The summed E-state index contributed by atoms with van der Waals surface area (Å²) in [6.45, 7) is 3.45. The molecule has 9 heteroatoms. The highest BCUT2D eigenvalue weighted by Gasteiger charge is 2.17. The van der Waals surface area contributed by atoms with Gasteiger partial charge in [0.05, 0.1) is 0 Å². The molecule has 0 unspecified atom stereocenters. The van der Waals surface area contributed by atoms with Gasteiger partial charge in [-0.25, -0.2) is 19.3 Å². The summed E-state index contributed by atoms with van der Waals surface area (Å²) >= 11 is 0. The Morgan fingerprint density at radius 3 is 2.44 bits per heavy atom. The van der Waals surface area contributed by atoms with Crippen LogP contribution in [0.3, 0.4) is 0 Å². The molecule has 0 radical (unpaired) electrons. The van der Waals surface area contributed by atoms with Crippen LogP contribution in [0.2, 0.25) is 0 Å². The van der Waals surface area contributed by atoms with Crippen molar-refractivity contribution in [3.8, 4) is 34.0 Å². The van der Waals surface area contributed by atoms with E-state index in [0.29, 0.717) is 28.1 Å². The van der Waals surface area contributed by atoms with E-state index in [9.17, 15) is 4.39 Å². The van der Waals surface area contributed by atoms with E-state index in [4.69, 9.17) is 20.6 Å². The molecule has 2 heterocycles. The third-order valence-corrected chi connectivity index (χ3v) is 4.99. The standard InChI is InChI=1S/C25H21F2N5O2/c1-14-11-31-24(32-12-14)17-8-15(2)22(20(26)10-17)34-21-6-5-16(9-18(21)13-33-25(28)29)19-4-3-7-30-23(19)27/h3-12H,13H2,1-2H3,(H3,28,29). The predicted molar refractivity (Wildman–Crippen MR) is 123 cm³/mol. The number of nitrogens with two attached hydrogens (primary N) is 1. The molecule has 172 valence electrons. The Morgan fingerprint density at radius 2 is 1.76 bits per heavy atom. The Labute approximate surface area is 194 Å². The number of hydrogen-bond donors (Lipinski definition) is 2. The van der Waals surface area contributed by atoms with Gasteiger partial charge in [0.1, 0.15) is 12.4 Å². The highest BCUT2D eigenvalue weighted by Crippen LogP contribution is 2.35. The Hall–Kier alpha value is -4.40. The topological polar surface area (TPSA) is 107 Å². The SMILES string of the molecule is Cc1cnc(-c2cc(C)c(Oc3ccc(-c4cccnc4F)cc3COC(=N)N)c(F)c2)nc1. The van der Waals surface area contributed by atoms with Crippen LogP contribution in [0.4, 0.5) is 8.78 Å². The second-order valence-electron chi connectivity index (χ2n) is 7.61. The summed E-state index contributed by atoms with van der Waals surface area (Å²) in [5.41, 5.74) is 8.51. The minimum Gasteiger partial charge on any atom is -0.461 e. The van der Waals surface area contributed by atoms with E-state index in [1.54, 1.807) is 55.7 Å². The van der Waals surface area contributed by atoms with Crippen LogP contribution in [0.1, 0.15) is 16.7 Å². The first-order chi connectivity index (χ1) is 16.3. The third-order valence-electron chi connectivity index (χ3n) is 4.99. The van der Waals surface area contributed by atoms with Crippen molar-refractivity contribution in [1.82, 2.24) is 15.0 Å². The minimum atomic E-state index is -0.634. The molecule has 2 aromatic heterocycles. The van der Waals surface area contributed by atoms with Gasteiger partial charge in [-0.1, -0.05) is 6.07 Å². The van der Waals surface area contributed by atoms with Gasteiger partial charge < -0.3 is 15.2 Å². The lowest BCUT2D eigenvalue weighted by Crippen LogP contribution is -2.14. The second-order valence-corrected chi connectivity index (χ2v) is 7.61. The first kappa shape index (κ1) is 22.8. The Balaban J connectivity index is 1.70. The van der Waals surface area contributed by atoms with Crippen LogP contribution in [0.15, 0.2) is 61.1 Å². The van der Waals surface area contributed by atoms with Gasteiger partial charge >= 0.3 is 0 Å². The molecule has 4 rings (SSSR count).